The van der Waals surface area contributed by atoms with Crippen LogP contribution in [0, 0.1) is 10.8 Å². The van der Waals surface area contributed by atoms with Gasteiger partial charge in [-0.2, -0.15) is 0 Å². The summed E-state index contributed by atoms with van der Waals surface area (Å²) in [6.07, 6.45) is 3.48. The van der Waals surface area contributed by atoms with Crippen LogP contribution >= 0.6 is 0 Å². The lowest BCUT2D eigenvalue weighted by Crippen LogP contribution is -2.50. The molecule has 1 aliphatic carbocycles. The van der Waals surface area contributed by atoms with Crippen LogP contribution in [-0.2, 0) is 9.47 Å². The van der Waals surface area contributed by atoms with Gasteiger partial charge >= 0.3 is 12.2 Å². The zero-order chi connectivity index (χ0) is 19.1. The number of ether oxygens (including phenoxy) is 2. The highest BCUT2D eigenvalue weighted by molar-refractivity contribution is 5.68. The van der Waals surface area contributed by atoms with Gasteiger partial charge in [-0.1, -0.05) is 34.6 Å². The SMILES string of the molecule is CCCOC(=O)NCC1(C)CC(NC(=O)OC(C)CC)CC(C)(C)C1. The minimum absolute atomic E-state index is 0.0405. The number of hydrogen-bond donors (Lipinski definition) is 2. The Hall–Kier alpha value is -1.46. The number of carbonyl (C=O) groups excluding carboxylic acids is 2. The number of nitrogens with one attached hydrogen (secondary N) is 2. The van der Waals surface area contributed by atoms with E-state index in [4.69, 9.17) is 9.47 Å². The Morgan fingerprint density at radius 1 is 1.16 bits per heavy atom. The van der Waals surface area contributed by atoms with Gasteiger partial charge in [0.2, 0.25) is 0 Å². The van der Waals surface area contributed by atoms with E-state index in [0.29, 0.717) is 13.2 Å². The molecule has 0 radical (unpaired) electrons. The Morgan fingerprint density at radius 2 is 1.84 bits per heavy atom. The van der Waals surface area contributed by atoms with Crippen molar-refractivity contribution in [1.29, 1.82) is 0 Å². The fraction of sp³-hybridized carbons (Fsp3) is 0.895. The van der Waals surface area contributed by atoms with Crippen LogP contribution in [0.5, 0.6) is 0 Å². The number of amides is 2. The van der Waals surface area contributed by atoms with Crippen molar-refractivity contribution in [2.75, 3.05) is 13.2 Å². The van der Waals surface area contributed by atoms with E-state index < -0.39 is 0 Å². The Labute approximate surface area is 152 Å². The highest BCUT2D eigenvalue weighted by atomic mass is 16.6. The molecule has 0 aromatic carbocycles. The highest BCUT2D eigenvalue weighted by Gasteiger charge is 2.42. The molecule has 0 saturated heterocycles. The highest BCUT2D eigenvalue weighted by Crippen LogP contribution is 2.45. The summed E-state index contributed by atoms with van der Waals surface area (Å²) in [5.41, 5.74) is -0.0162. The third-order valence-corrected chi connectivity index (χ3v) is 4.75. The van der Waals surface area contributed by atoms with Crippen LogP contribution < -0.4 is 10.6 Å². The summed E-state index contributed by atoms with van der Waals surface area (Å²) in [7, 11) is 0. The van der Waals surface area contributed by atoms with Crippen molar-refractivity contribution >= 4 is 12.2 Å². The van der Waals surface area contributed by atoms with Crippen molar-refractivity contribution in [2.45, 2.75) is 85.8 Å². The first-order chi connectivity index (χ1) is 11.6. The largest absolute Gasteiger partial charge is 0.450 e. The van der Waals surface area contributed by atoms with Gasteiger partial charge in [-0.25, -0.2) is 9.59 Å². The van der Waals surface area contributed by atoms with Crippen LogP contribution in [0.25, 0.3) is 0 Å². The van der Waals surface area contributed by atoms with E-state index in [1.54, 1.807) is 0 Å². The summed E-state index contributed by atoms with van der Waals surface area (Å²) in [5.74, 6) is 0. The first kappa shape index (κ1) is 21.6. The van der Waals surface area contributed by atoms with Crippen molar-refractivity contribution in [2.24, 2.45) is 10.8 Å². The molecule has 0 bridgehead atoms. The molecule has 146 valence electrons. The third kappa shape index (κ3) is 7.97. The lowest BCUT2D eigenvalue weighted by atomic mass is 9.62. The topological polar surface area (TPSA) is 76.7 Å². The van der Waals surface area contributed by atoms with Gasteiger partial charge < -0.3 is 20.1 Å². The quantitative estimate of drug-likeness (QED) is 0.715. The minimum Gasteiger partial charge on any atom is -0.450 e. The lowest BCUT2D eigenvalue weighted by molar-refractivity contribution is 0.0559. The van der Waals surface area contributed by atoms with Crippen molar-refractivity contribution < 1.29 is 19.1 Å². The van der Waals surface area contributed by atoms with E-state index in [1.807, 2.05) is 20.8 Å². The molecule has 3 atom stereocenters. The van der Waals surface area contributed by atoms with Gasteiger partial charge in [-0.3, -0.25) is 0 Å². The lowest BCUT2D eigenvalue weighted by Gasteiger charge is -2.46. The minimum atomic E-state index is -0.368. The molecule has 25 heavy (non-hydrogen) atoms. The van der Waals surface area contributed by atoms with E-state index in [2.05, 4.69) is 31.4 Å². The average Bonchev–Trinajstić information content (AvgIpc) is 2.48. The Bertz CT molecular complexity index is 453. The summed E-state index contributed by atoms with van der Waals surface area (Å²) in [6, 6.07) is 0.0405. The predicted molar refractivity (Wildman–Crippen MR) is 98.5 cm³/mol. The first-order valence-electron chi connectivity index (χ1n) is 9.47. The zero-order valence-electron chi connectivity index (χ0n) is 16.7. The second-order valence-electron chi connectivity index (χ2n) is 8.51. The Morgan fingerprint density at radius 3 is 2.44 bits per heavy atom. The number of hydrogen-bond acceptors (Lipinski definition) is 4. The maximum atomic E-state index is 12.1. The number of carbonyl (C=O) groups is 2. The molecule has 3 unspecified atom stereocenters. The van der Waals surface area contributed by atoms with Gasteiger partial charge in [-0.15, -0.1) is 0 Å². The van der Waals surface area contributed by atoms with Crippen molar-refractivity contribution in [3.8, 4) is 0 Å². The van der Waals surface area contributed by atoms with Gasteiger partial charge in [0.15, 0.2) is 0 Å². The summed E-state index contributed by atoms with van der Waals surface area (Å²) < 4.78 is 10.4. The Balaban J connectivity index is 2.62. The Kier molecular flexibility index (Phi) is 8.03. The molecule has 0 aromatic rings. The summed E-state index contributed by atoms with van der Waals surface area (Å²) in [5, 5.41) is 5.89. The fourth-order valence-corrected chi connectivity index (χ4v) is 3.87. The molecule has 6 heteroatoms. The monoisotopic (exact) mass is 356 g/mol. The third-order valence-electron chi connectivity index (χ3n) is 4.75. The normalized spacial score (nSPS) is 26.4. The van der Waals surface area contributed by atoms with Gasteiger partial charge in [0.25, 0.3) is 0 Å². The van der Waals surface area contributed by atoms with Crippen LogP contribution in [0.4, 0.5) is 9.59 Å². The van der Waals surface area contributed by atoms with Crippen molar-refractivity contribution in [3.63, 3.8) is 0 Å². The first-order valence-corrected chi connectivity index (χ1v) is 9.47. The van der Waals surface area contributed by atoms with Gasteiger partial charge in [0, 0.05) is 12.6 Å². The predicted octanol–water partition coefficient (Wildman–Crippen LogP) is 4.23. The molecule has 1 rings (SSSR count). The van der Waals surface area contributed by atoms with E-state index in [0.717, 1.165) is 32.1 Å². The van der Waals surface area contributed by atoms with E-state index >= 15 is 0 Å². The van der Waals surface area contributed by atoms with Gasteiger partial charge in [-0.05, 0) is 49.9 Å². The summed E-state index contributed by atoms with van der Waals surface area (Å²) in [6.45, 7) is 13.4. The maximum Gasteiger partial charge on any atom is 0.407 e. The maximum absolute atomic E-state index is 12.1. The molecule has 0 heterocycles. The molecule has 0 aliphatic heterocycles. The standard InChI is InChI=1S/C19H36N2O4/c1-7-9-24-16(22)20-13-19(6)11-15(10-18(4,5)12-19)21-17(23)25-14(3)8-2/h14-15H,7-13H2,1-6H3,(H,20,22)(H,21,23). The van der Waals surface area contributed by atoms with Gasteiger partial charge in [0.1, 0.15) is 6.10 Å². The molecule has 2 amide bonds. The average molecular weight is 357 g/mol. The molecule has 0 aromatic heterocycles. The molecule has 6 nitrogen and oxygen atoms in total. The molecular weight excluding hydrogens is 320 g/mol. The second kappa shape index (κ2) is 9.30. The number of rotatable bonds is 7. The molecule has 1 aliphatic rings. The molecule has 1 fully saturated rings. The van der Waals surface area contributed by atoms with E-state index in [-0.39, 0.29) is 35.2 Å². The zero-order valence-corrected chi connectivity index (χ0v) is 16.7. The van der Waals surface area contributed by atoms with Crippen LogP contribution in [-0.4, -0.2) is 37.5 Å². The fourth-order valence-electron chi connectivity index (χ4n) is 3.87. The molecular formula is C19H36N2O4. The molecule has 2 N–H and O–H groups in total. The molecule has 0 spiro atoms. The molecule has 1 saturated carbocycles. The van der Waals surface area contributed by atoms with Crippen molar-refractivity contribution in [3.05, 3.63) is 0 Å². The van der Waals surface area contributed by atoms with Gasteiger partial charge in [0.05, 0.1) is 6.61 Å². The van der Waals surface area contributed by atoms with Crippen LogP contribution in [0.2, 0.25) is 0 Å². The smallest absolute Gasteiger partial charge is 0.407 e. The summed E-state index contributed by atoms with van der Waals surface area (Å²) in [4.78, 5) is 23.8. The van der Waals surface area contributed by atoms with Crippen molar-refractivity contribution in [1.82, 2.24) is 10.6 Å². The summed E-state index contributed by atoms with van der Waals surface area (Å²) >= 11 is 0. The van der Waals surface area contributed by atoms with Crippen LogP contribution in [0.15, 0.2) is 0 Å². The number of alkyl carbamates (subject to hydrolysis) is 2. The van der Waals surface area contributed by atoms with Crippen LogP contribution in [0.1, 0.15) is 73.6 Å². The van der Waals surface area contributed by atoms with Crippen LogP contribution in [0.3, 0.4) is 0 Å². The van der Waals surface area contributed by atoms with E-state index in [1.165, 1.54) is 0 Å². The second-order valence-corrected chi connectivity index (χ2v) is 8.51. The van der Waals surface area contributed by atoms with E-state index in [9.17, 15) is 9.59 Å².